The molecule has 1 heterocycles. The number of carbonyl (C=O) groups is 1. The van der Waals surface area contributed by atoms with E-state index in [1.54, 1.807) is 11.1 Å². The molecular weight excluding hydrogens is 226 g/mol. The maximum atomic E-state index is 11.2. The van der Waals surface area contributed by atoms with E-state index in [0.29, 0.717) is 12.2 Å². The monoisotopic (exact) mass is 237 g/mol. The summed E-state index contributed by atoms with van der Waals surface area (Å²) in [6.07, 6.45) is 0. The highest BCUT2D eigenvalue weighted by molar-refractivity contribution is 5.77. The fraction of sp³-hybridized carbons (Fsp3) is 0.300. The lowest BCUT2D eigenvalue weighted by molar-refractivity contribution is -0.384. The van der Waals surface area contributed by atoms with Crippen LogP contribution in [0.25, 0.3) is 0 Å². The van der Waals surface area contributed by atoms with Crippen LogP contribution >= 0.6 is 0 Å². The van der Waals surface area contributed by atoms with E-state index in [4.69, 9.17) is 0 Å². The third-order valence-corrected chi connectivity index (χ3v) is 2.55. The Hall–Kier alpha value is -2.15. The Morgan fingerprint density at radius 2 is 2.41 bits per heavy atom. The summed E-state index contributed by atoms with van der Waals surface area (Å²) < 4.78 is 4.55. The molecule has 0 unspecified atom stereocenters. The number of hydrazine groups is 1. The van der Waals surface area contributed by atoms with Gasteiger partial charge in [-0.15, -0.1) is 0 Å². The fourth-order valence-electron chi connectivity index (χ4n) is 1.67. The van der Waals surface area contributed by atoms with Gasteiger partial charge in [0.15, 0.2) is 0 Å². The highest BCUT2D eigenvalue weighted by Gasteiger charge is 2.23. The van der Waals surface area contributed by atoms with E-state index in [1.807, 2.05) is 0 Å². The predicted octanol–water partition coefficient (Wildman–Crippen LogP) is 0.592. The van der Waals surface area contributed by atoms with E-state index in [0.717, 1.165) is 5.56 Å². The molecule has 0 bridgehead atoms. The van der Waals surface area contributed by atoms with E-state index in [1.165, 1.54) is 19.2 Å². The fourth-order valence-corrected chi connectivity index (χ4v) is 1.67. The van der Waals surface area contributed by atoms with Crippen LogP contribution in [0.2, 0.25) is 0 Å². The Morgan fingerprint density at radius 1 is 1.65 bits per heavy atom. The summed E-state index contributed by atoms with van der Waals surface area (Å²) in [5.41, 5.74) is 4.52. The normalized spacial score (nSPS) is 13.4. The molecule has 7 heteroatoms. The molecule has 90 valence electrons. The number of esters is 1. The predicted molar refractivity (Wildman–Crippen MR) is 59.3 cm³/mol. The van der Waals surface area contributed by atoms with E-state index >= 15 is 0 Å². The number of nitro groups is 1. The van der Waals surface area contributed by atoms with Crippen molar-refractivity contribution in [3.05, 3.63) is 33.9 Å². The summed E-state index contributed by atoms with van der Waals surface area (Å²) in [4.78, 5) is 21.4. The molecule has 0 saturated carbocycles. The summed E-state index contributed by atoms with van der Waals surface area (Å²) >= 11 is 0. The van der Waals surface area contributed by atoms with Gasteiger partial charge in [-0.3, -0.25) is 19.9 Å². The average Bonchev–Trinajstić information content (AvgIpc) is 2.71. The number of ether oxygens (including phenoxy) is 1. The van der Waals surface area contributed by atoms with Crippen molar-refractivity contribution in [1.82, 2.24) is 5.43 Å². The Balaban J connectivity index is 2.26. The minimum Gasteiger partial charge on any atom is -0.468 e. The summed E-state index contributed by atoms with van der Waals surface area (Å²) in [6, 6.07) is 4.57. The molecule has 0 saturated heterocycles. The highest BCUT2D eigenvalue weighted by Crippen LogP contribution is 2.29. The first kappa shape index (κ1) is 11.3. The van der Waals surface area contributed by atoms with Crippen LogP contribution in [-0.2, 0) is 16.1 Å². The second kappa shape index (κ2) is 4.38. The number of nitrogens with one attached hydrogen (secondary N) is 1. The highest BCUT2D eigenvalue weighted by atomic mass is 16.6. The minimum atomic E-state index is -0.463. The van der Waals surface area contributed by atoms with Gasteiger partial charge in [0.05, 0.1) is 17.7 Å². The number of nitro benzene ring substituents is 1. The van der Waals surface area contributed by atoms with Gasteiger partial charge in [-0.2, -0.15) is 0 Å². The Bertz CT molecular complexity index is 475. The molecule has 17 heavy (non-hydrogen) atoms. The van der Waals surface area contributed by atoms with Crippen molar-refractivity contribution in [2.75, 3.05) is 18.7 Å². The van der Waals surface area contributed by atoms with Gasteiger partial charge in [-0.1, -0.05) is 0 Å². The van der Waals surface area contributed by atoms with Gasteiger partial charge < -0.3 is 4.74 Å². The average molecular weight is 237 g/mol. The van der Waals surface area contributed by atoms with Gasteiger partial charge in [0.25, 0.3) is 5.69 Å². The maximum absolute atomic E-state index is 11.2. The lowest BCUT2D eigenvalue weighted by Gasteiger charge is -2.17. The number of fused-ring (bicyclic) bond motifs is 1. The molecule has 0 fully saturated rings. The molecule has 1 aliphatic heterocycles. The molecular formula is C10H11N3O4. The Kier molecular flexibility index (Phi) is 2.92. The van der Waals surface area contributed by atoms with Crippen LogP contribution < -0.4 is 10.4 Å². The van der Waals surface area contributed by atoms with Crippen molar-refractivity contribution < 1.29 is 14.5 Å². The second-order valence-corrected chi connectivity index (χ2v) is 3.57. The molecule has 1 aromatic rings. The second-order valence-electron chi connectivity index (χ2n) is 3.57. The largest absolute Gasteiger partial charge is 0.468 e. The SMILES string of the molecule is COC(=O)CN1NCc2ccc([N+](=O)[O-])cc21. The smallest absolute Gasteiger partial charge is 0.326 e. The maximum Gasteiger partial charge on any atom is 0.326 e. The van der Waals surface area contributed by atoms with Gasteiger partial charge in [0.2, 0.25) is 0 Å². The van der Waals surface area contributed by atoms with E-state index in [9.17, 15) is 14.9 Å². The summed E-state index contributed by atoms with van der Waals surface area (Å²) in [5, 5.41) is 12.2. The van der Waals surface area contributed by atoms with Crippen LogP contribution in [0, 0.1) is 10.1 Å². The van der Waals surface area contributed by atoms with Crippen molar-refractivity contribution in [2.24, 2.45) is 0 Å². The first-order valence-corrected chi connectivity index (χ1v) is 4.97. The third kappa shape index (κ3) is 2.18. The number of benzene rings is 1. The van der Waals surface area contributed by atoms with Gasteiger partial charge in [0.1, 0.15) is 6.54 Å². The zero-order valence-electron chi connectivity index (χ0n) is 9.17. The van der Waals surface area contributed by atoms with E-state index in [2.05, 4.69) is 10.2 Å². The number of methoxy groups -OCH3 is 1. The molecule has 0 atom stereocenters. The van der Waals surface area contributed by atoms with E-state index < -0.39 is 10.9 Å². The zero-order valence-corrected chi connectivity index (χ0v) is 9.17. The molecule has 0 radical (unpaired) electrons. The first-order valence-electron chi connectivity index (χ1n) is 4.97. The summed E-state index contributed by atoms with van der Waals surface area (Å²) in [6.45, 7) is 0.564. The molecule has 0 aromatic heterocycles. The van der Waals surface area contributed by atoms with Crippen LogP contribution in [-0.4, -0.2) is 24.5 Å². The lowest BCUT2D eigenvalue weighted by atomic mass is 10.2. The lowest BCUT2D eigenvalue weighted by Crippen LogP contribution is -2.37. The van der Waals surface area contributed by atoms with Crippen LogP contribution in [0.3, 0.4) is 0 Å². The molecule has 0 aliphatic carbocycles. The number of non-ortho nitro benzene ring substituents is 1. The van der Waals surface area contributed by atoms with Gasteiger partial charge in [0, 0.05) is 18.7 Å². The number of hydrogen-bond acceptors (Lipinski definition) is 6. The molecule has 1 aliphatic rings. The molecule has 7 nitrogen and oxygen atoms in total. The standard InChI is InChI=1S/C10H11N3O4/c1-17-10(14)6-12-9-4-8(13(15)16)3-2-7(9)5-11-12/h2-4,11H,5-6H2,1H3. The van der Waals surface area contributed by atoms with Crippen molar-refractivity contribution in [2.45, 2.75) is 6.54 Å². The van der Waals surface area contributed by atoms with Crippen molar-refractivity contribution in [3.63, 3.8) is 0 Å². The zero-order chi connectivity index (χ0) is 12.4. The Morgan fingerprint density at radius 3 is 3.06 bits per heavy atom. The van der Waals surface area contributed by atoms with Crippen LogP contribution in [0.4, 0.5) is 11.4 Å². The molecule has 0 amide bonds. The number of hydrogen-bond donors (Lipinski definition) is 1. The van der Waals surface area contributed by atoms with Crippen LogP contribution in [0.15, 0.2) is 18.2 Å². The van der Waals surface area contributed by atoms with Gasteiger partial charge in [-0.25, -0.2) is 5.43 Å². The molecule has 1 aromatic carbocycles. The van der Waals surface area contributed by atoms with Crippen molar-refractivity contribution in [1.29, 1.82) is 0 Å². The quantitative estimate of drug-likeness (QED) is 0.470. The number of rotatable bonds is 3. The molecule has 0 spiro atoms. The van der Waals surface area contributed by atoms with Gasteiger partial charge in [-0.05, 0) is 11.6 Å². The first-order chi connectivity index (χ1) is 8.11. The summed E-state index contributed by atoms with van der Waals surface area (Å²) in [7, 11) is 1.30. The third-order valence-electron chi connectivity index (χ3n) is 2.55. The van der Waals surface area contributed by atoms with Gasteiger partial charge >= 0.3 is 5.97 Å². The van der Waals surface area contributed by atoms with Crippen molar-refractivity contribution in [3.8, 4) is 0 Å². The minimum absolute atomic E-state index is 0.00214. The molecule has 1 N–H and O–H groups in total. The molecule has 2 rings (SSSR count). The summed E-state index contributed by atoms with van der Waals surface area (Å²) in [5.74, 6) is -0.406. The number of carbonyl (C=O) groups excluding carboxylic acids is 1. The Labute approximate surface area is 97.1 Å². The number of anilines is 1. The van der Waals surface area contributed by atoms with Crippen molar-refractivity contribution >= 4 is 17.3 Å². The topological polar surface area (TPSA) is 84.7 Å². The van der Waals surface area contributed by atoms with Crippen LogP contribution in [0.5, 0.6) is 0 Å². The number of nitrogens with zero attached hydrogens (tertiary/aromatic N) is 2. The van der Waals surface area contributed by atoms with Crippen LogP contribution in [0.1, 0.15) is 5.56 Å². The van der Waals surface area contributed by atoms with E-state index in [-0.39, 0.29) is 12.2 Å².